The molecule has 2 rings (SSSR count). The van der Waals surface area contributed by atoms with E-state index in [1.807, 2.05) is 0 Å². The van der Waals surface area contributed by atoms with Crippen molar-refractivity contribution in [1.29, 1.82) is 0 Å². The highest BCUT2D eigenvalue weighted by molar-refractivity contribution is 5.67. The van der Waals surface area contributed by atoms with Gasteiger partial charge in [0.15, 0.2) is 0 Å². The van der Waals surface area contributed by atoms with Crippen LogP contribution in [-0.4, -0.2) is 36.9 Å². The molecule has 1 spiro atoms. The van der Waals surface area contributed by atoms with Gasteiger partial charge in [-0.25, -0.2) is 0 Å². The Bertz CT molecular complexity index is 236. The lowest BCUT2D eigenvalue weighted by Gasteiger charge is -2.26. The molecule has 1 heterocycles. The summed E-state index contributed by atoms with van der Waals surface area (Å²) in [7, 11) is 0. The molecule has 1 unspecified atom stereocenters. The first-order valence-electron chi connectivity index (χ1n) is 5.74. The Hall–Kier alpha value is -0.610. The molecule has 2 N–H and O–H groups in total. The normalized spacial score (nSPS) is 30.3. The summed E-state index contributed by atoms with van der Waals surface area (Å²) in [4.78, 5) is 10.6. The monoisotopic (exact) mass is 213 g/mol. The molecule has 86 valence electrons. The summed E-state index contributed by atoms with van der Waals surface area (Å²) in [5.41, 5.74) is 0.299. The van der Waals surface area contributed by atoms with E-state index >= 15 is 0 Å². The molecule has 4 heteroatoms. The van der Waals surface area contributed by atoms with Gasteiger partial charge in [0.2, 0.25) is 0 Å². The van der Waals surface area contributed by atoms with Gasteiger partial charge in [-0.2, -0.15) is 0 Å². The summed E-state index contributed by atoms with van der Waals surface area (Å²) in [6, 6.07) is 0. The Morgan fingerprint density at radius 3 is 2.87 bits per heavy atom. The van der Waals surface area contributed by atoms with Gasteiger partial charge in [-0.1, -0.05) is 12.8 Å². The Balaban J connectivity index is 1.88. The minimum Gasteiger partial charge on any atom is -0.481 e. The van der Waals surface area contributed by atoms with E-state index in [0.29, 0.717) is 12.0 Å². The minimum atomic E-state index is -0.774. The first-order chi connectivity index (χ1) is 7.20. The summed E-state index contributed by atoms with van der Waals surface area (Å²) in [6.45, 7) is 2.40. The molecule has 1 aliphatic heterocycles. The quantitative estimate of drug-likeness (QED) is 0.718. The highest BCUT2D eigenvalue weighted by Gasteiger charge is 2.36. The van der Waals surface area contributed by atoms with Crippen LogP contribution in [0.2, 0.25) is 0 Å². The first kappa shape index (κ1) is 10.9. The van der Waals surface area contributed by atoms with Gasteiger partial charge in [0.05, 0.1) is 19.1 Å². The fourth-order valence-electron chi connectivity index (χ4n) is 2.67. The van der Waals surface area contributed by atoms with E-state index in [0.717, 1.165) is 13.2 Å². The van der Waals surface area contributed by atoms with Crippen LogP contribution in [0, 0.1) is 5.41 Å². The lowest BCUT2D eigenvalue weighted by atomic mass is 9.87. The second kappa shape index (κ2) is 4.49. The number of carboxylic acid groups (broad SMARTS) is 1. The lowest BCUT2D eigenvalue weighted by Crippen LogP contribution is -2.33. The second-order valence-electron chi connectivity index (χ2n) is 4.87. The number of hydrogen-bond acceptors (Lipinski definition) is 3. The zero-order valence-corrected chi connectivity index (χ0v) is 9.00. The van der Waals surface area contributed by atoms with Gasteiger partial charge in [-0.15, -0.1) is 0 Å². The number of aliphatic carboxylic acids is 1. The molecule has 1 atom stereocenters. The predicted octanol–water partition coefficient (Wildman–Crippen LogP) is 1.01. The molecule has 0 radical (unpaired) electrons. The maximum atomic E-state index is 10.6. The summed E-state index contributed by atoms with van der Waals surface area (Å²) >= 11 is 0. The summed E-state index contributed by atoms with van der Waals surface area (Å²) in [5, 5.41) is 12.1. The molecule has 0 bridgehead atoms. The van der Waals surface area contributed by atoms with Gasteiger partial charge in [-0.3, -0.25) is 4.79 Å². The molecule has 1 saturated heterocycles. The van der Waals surface area contributed by atoms with Gasteiger partial charge < -0.3 is 15.2 Å². The van der Waals surface area contributed by atoms with E-state index in [9.17, 15) is 4.79 Å². The molecule has 0 aromatic rings. The van der Waals surface area contributed by atoms with E-state index < -0.39 is 5.97 Å². The number of carboxylic acids is 1. The van der Waals surface area contributed by atoms with Crippen LogP contribution in [0.1, 0.15) is 32.1 Å². The largest absolute Gasteiger partial charge is 0.481 e. The molecule has 1 aliphatic carbocycles. The van der Waals surface area contributed by atoms with Crippen LogP contribution >= 0.6 is 0 Å². The molecular formula is C11H19NO3. The van der Waals surface area contributed by atoms with Crippen LogP contribution in [0.3, 0.4) is 0 Å². The molecule has 1 saturated carbocycles. The van der Waals surface area contributed by atoms with Crippen molar-refractivity contribution in [1.82, 2.24) is 5.32 Å². The van der Waals surface area contributed by atoms with Crippen molar-refractivity contribution in [3.8, 4) is 0 Å². The molecule has 4 nitrogen and oxygen atoms in total. The number of hydrogen-bond donors (Lipinski definition) is 2. The zero-order valence-electron chi connectivity index (χ0n) is 9.00. The van der Waals surface area contributed by atoms with Gasteiger partial charge in [0.25, 0.3) is 0 Å². The molecule has 0 amide bonds. The topological polar surface area (TPSA) is 58.6 Å². The summed E-state index contributed by atoms with van der Waals surface area (Å²) in [5.74, 6) is -0.774. The van der Waals surface area contributed by atoms with Crippen molar-refractivity contribution < 1.29 is 14.6 Å². The third-order valence-electron chi connectivity index (χ3n) is 3.56. The van der Waals surface area contributed by atoms with Crippen molar-refractivity contribution in [3.63, 3.8) is 0 Å². The highest BCUT2D eigenvalue weighted by atomic mass is 16.5. The van der Waals surface area contributed by atoms with E-state index in [1.165, 1.54) is 25.7 Å². The average Bonchev–Trinajstić information content (AvgIpc) is 2.53. The van der Waals surface area contributed by atoms with Gasteiger partial charge in [-0.05, 0) is 12.8 Å². The van der Waals surface area contributed by atoms with Crippen molar-refractivity contribution in [2.45, 2.75) is 38.2 Å². The van der Waals surface area contributed by atoms with Crippen LogP contribution in [0.4, 0.5) is 0 Å². The smallest absolute Gasteiger partial charge is 0.306 e. The third-order valence-corrected chi connectivity index (χ3v) is 3.56. The molecule has 2 fully saturated rings. The zero-order chi connectivity index (χ0) is 10.7. The van der Waals surface area contributed by atoms with Gasteiger partial charge in [0, 0.05) is 18.5 Å². The molecule has 2 aliphatic rings. The maximum absolute atomic E-state index is 10.6. The fourth-order valence-corrected chi connectivity index (χ4v) is 2.67. The SMILES string of the molecule is O=C(O)CC1CNCC2(CCCC2)CO1. The second-order valence-corrected chi connectivity index (χ2v) is 4.87. The Morgan fingerprint density at radius 2 is 2.20 bits per heavy atom. The van der Waals surface area contributed by atoms with E-state index in [4.69, 9.17) is 9.84 Å². The van der Waals surface area contributed by atoms with Crippen molar-refractivity contribution in [2.75, 3.05) is 19.7 Å². The van der Waals surface area contributed by atoms with Crippen LogP contribution in [0.25, 0.3) is 0 Å². The van der Waals surface area contributed by atoms with Crippen LogP contribution < -0.4 is 5.32 Å². The van der Waals surface area contributed by atoms with Crippen LogP contribution in [0.5, 0.6) is 0 Å². The highest BCUT2D eigenvalue weighted by Crippen LogP contribution is 2.38. The fraction of sp³-hybridized carbons (Fsp3) is 0.909. The number of carbonyl (C=O) groups is 1. The van der Waals surface area contributed by atoms with E-state index in [2.05, 4.69) is 5.32 Å². The average molecular weight is 213 g/mol. The van der Waals surface area contributed by atoms with Crippen LogP contribution in [-0.2, 0) is 9.53 Å². The Morgan fingerprint density at radius 1 is 1.47 bits per heavy atom. The Kier molecular flexibility index (Phi) is 3.26. The predicted molar refractivity (Wildman–Crippen MR) is 55.8 cm³/mol. The van der Waals surface area contributed by atoms with Crippen LogP contribution in [0.15, 0.2) is 0 Å². The minimum absolute atomic E-state index is 0.114. The maximum Gasteiger partial charge on any atom is 0.306 e. The molecule has 0 aromatic heterocycles. The van der Waals surface area contributed by atoms with Crippen molar-refractivity contribution >= 4 is 5.97 Å². The third kappa shape index (κ3) is 2.69. The number of ether oxygens (including phenoxy) is 1. The van der Waals surface area contributed by atoms with Gasteiger partial charge >= 0.3 is 5.97 Å². The summed E-state index contributed by atoms with van der Waals surface area (Å²) in [6.07, 6.45) is 4.98. The van der Waals surface area contributed by atoms with E-state index in [1.54, 1.807) is 0 Å². The van der Waals surface area contributed by atoms with Crippen molar-refractivity contribution in [3.05, 3.63) is 0 Å². The molecule has 0 aromatic carbocycles. The van der Waals surface area contributed by atoms with Gasteiger partial charge in [0.1, 0.15) is 0 Å². The number of rotatable bonds is 2. The summed E-state index contributed by atoms with van der Waals surface area (Å²) < 4.78 is 5.71. The number of nitrogens with one attached hydrogen (secondary N) is 1. The van der Waals surface area contributed by atoms with Crippen molar-refractivity contribution in [2.24, 2.45) is 5.41 Å². The molecular weight excluding hydrogens is 194 g/mol. The first-order valence-corrected chi connectivity index (χ1v) is 5.74. The van der Waals surface area contributed by atoms with E-state index in [-0.39, 0.29) is 12.5 Å². The standard InChI is InChI=1S/C11H19NO3/c13-10(14)5-9-6-12-7-11(8-15-9)3-1-2-4-11/h9,12H,1-8H2,(H,13,14). The Labute approximate surface area is 90.0 Å². The molecule has 15 heavy (non-hydrogen) atoms. The lowest BCUT2D eigenvalue weighted by molar-refractivity contribution is -0.140.